The maximum atomic E-state index is 14.4. The Morgan fingerprint density at radius 2 is 0.835 bits per heavy atom. The van der Waals surface area contributed by atoms with Crippen LogP contribution in [0.15, 0.2) is 42.9 Å². The number of carbonyl (C=O) groups is 16. The minimum absolute atomic E-state index is 0.0245. The van der Waals surface area contributed by atoms with Crippen LogP contribution in [-0.4, -0.2) is 251 Å². The fourth-order valence-corrected chi connectivity index (χ4v) is 13.0. The number of aromatic amines is 1. The summed E-state index contributed by atoms with van der Waals surface area (Å²) in [6, 6.07) is -12.9. The zero-order valence-electron chi connectivity index (χ0n) is 68.0. The summed E-state index contributed by atoms with van der Waals surface area (Å²) in [5.74, 6) is -18.0. The number of aliphatic carboxylic acids is 2. The molecule has 3 rings (SSSR count). The molecule has 1 aromatic heterocycles. The number of carbonyl (C=O) groups excluding carboxylic acids is 14. The molecule has 1 saturated heterocycles. The molecule has 0 spiro atoms. The fourth-order valence-electron chi connectivity index (χ4n) is 12.5. The molecule has 39 heteroatoms. The van der Waals surface area contributed by atoms with E-state index in [1.807, 2.05) is 0 Å². The van der Waals surface area contributed by atoms with Gasteiger partial charge < -0.3 is 105 Å². The quantitative estimate of drug-likeness (QED) is 0.0316. The van der Waals surface area contributed by atoms with Crippen molar-refractivity contribution in [2.45, 2.75) is 264 Å². The van der Waals surface area contributed by atoms with Gasteiger partial charge in [-0.2, -0.15) is 25.3 Å². The molecule has 1 aliphatic rings. The summed E-state index contributed by atoms with van der Waals surface area (Å²) in [6.07, 6.45) is 0.823. The van der Waals surface area contributed by atoms with Crippen molar-refractivity contribution in [3.8, 4) is 0 Å². The molecule has 37 nitrogen and oxygen atoms in total. The lowest BCUT2D eigenvalue weighted by Gasteiger charge is -2.31. The highest BCUT2D eigenvalue weighted by Gasteiger charge is 2.42. The Hall–Kier alpha value is -9.47. The number of carboxylic acid groups (broad SMARTS) is 2. The van der Waals surface area contributed by atoms with E-state index >= 15 is 0 Å². The summed E-state index contributed by atoms with van der Waals surface area (Å²) < 4.78 is 0. The Labute approximate surface area is 682 Å². The van der Waals surface area contributed by atoms with Crippen LogP contribution >= 0.6 is 25.3 Å². The average Bonchev–Trinajstić information content (AvgIpc) is 1.72. The van der Waals surface area contributed by atoms with Gasteiger partial charge in [0.25, 0.3) is 0 Å². The Morgan fingerprint density at radius 1 is 0.461 bits per heavy atom. The van der Waals surface area contributed by atoms with Gasteiger partial charge in [-0.25, -0.2) is 9.78 Å². The average molecular weight is 1660 g/mol. The molecule has 16 atom stereocenters. The number of imidazole rings is 1. The lowest BCUT2D eigenvalue weighted by atomic mass is 9.99. The number of likely N-dealkylation sites (tertiary alicyclic amines) is 1. The van der Waals surface area contributed by atoms with Crippen LogP contribution in [0.3, 0.4) is 0 Å². The number of carboxylic acids is 2. The van der Waals surface area contributed by atoms with Crippen LogP contribution in [0, 0.1) is 35.5 Å². The van der Waals surface area contributed by atoms with Gasteiger partial charge in [-0.1, -0.05) is 113 Å². The van der Waals surface area contributed by atoms with Gasteiger partial charge in [0.1, 0.15) is 84.6 Å². The van der Waals surface area contributed by atoms with Gasteiger partial charge >= 0.3 is 11.9 Å². The van der Waals surface area contributed by atoms with Crippen molar-refractivity contribution < 1.29 is 97.1 Å². The number of hydrogen-bond donors (Lipinski definition) is 21. The molecule has 1 aliphatic heterocycles. The number of hydrogen-bond acceptors (Lipinski definition) is 22. The van der Waals surface area contributed by atoms with E-state index in [4.69, 9.17) is 5.73 Å². The highest BCUT2D eigenvalue weighted by atomic mass is 32.1. The molecular weight excluding hydrogens is 1540 g/mol. The number of nitrogens with two attached hydrogens (primary N) is 1. The van der Waals surface area contributed by atoms with Crippen molar-refractivity contribution in [1.82, 2.24) is 84.0 Å². The lowest BCUT2D eigenvalue weighted by Crippen LogP contribution is -2.62. The number of nitrogens with one attached hydrogen (secondary N) is 14. The van der Waals surface area contributed by atoms with Crippen molar-refractivity contribution in [3.63, 3.8) is 0 Å². The second-order valence-electron chi connectivity index (χ2n) is 31.7. The summed E-state index contributed by atoms with van der Waals surface area (Å²) in [5, 5.41) is 73.9. The number of aliphatic hydroxyl groups excluding tert-OH is 2. The van der Waals surface area contributed by atoms with Gasteiger partial charge in [0.15, 0.2) is 0 Å². The van der Waals surface area contributed by atoms with E-state index < -0.39 is 204 Å². The van der Waals surface area contributed by atoms with Crippen LogP contribution in [0.2, 0.25) is 0 Å². The van der Waals surface area contributed by atoms with E-state index in [1.165, 1.54) is 31.3 Å². The predicted molar refractivity (Wildman–Crippen MR) is 429 cm³/mol. The molecule has 115 heavy (non-hydrogen) atoms. The van der Waals surface area contributed by atoms with Crippen LogP contribution in [0.25, 0.3) is 0 Å². The van der Waals surface area contributed by atoms with E-state index in [0.29, 0.717) is 17.7 Å². The highest BCUT2D eigenvalue weighted by molar-refractivity contribution is 7.80. The van der Waals surface area contributed by atoms with Crippen molar-refractivity contribution >= 4 is 120 Å². The molecular formula is C76H123N17O20S2. The van der Waals surface area contributed by atoms with Crippen LogP contribution < -0.4 is 74.9 Å². The Morgan fingerprint density at radius 3 is 1.24 bits per heavy atom. The zero-order chi connectivity index (χ0) is 86.8. The van der Waals surface area contributed by atoms with Gasteiger partial charge in [0.05, 0.1) is 31.5 Å². The molecule has 0 bridgehead atoms. The maximum Gasteiger partial charge on any atom is 0.326 e. The molecule has 20 N–H and O–H groups in total. The molecule has 0 radical (unpaired) electrons. The minimum atomic E-state index is -1.89. The smallest absolute Gasteiger partial charge is 0.326 e. The van der Waals surface area contributed by atoms with Gasteiger partial charge in [-0.15, -0.1) is 0 Å². The summed E-state index contributed by atoms with van der Waals surface area (Å²) in [6.45, 7) is 22.4. The van der Waals surface area contributed by atoms with Crippen molar-refractivity contribution in [1.29, 1.82) is 0 Å². The van der Waals surface area contributed by atoms with E-state index in [-0.39, 0.29) is 111 Å². The first-order valence-corrected chi connectivity index (χ1v) is 40.1. The van der Waals surface area contributed by atoms with E-state index in [1.54, 1.807) is 113 Å². The van der Waals surface area contributed by atoms with Gasteiger partial charge in [0.2, 0.25) is 82.7 Å². The molecule has 2 aromatic rings. The first kappa shape index (κ1) is 99.7. The van der Waals surface area contributed by atoms with Crippen LogP contribution in [-0.2, 0) is 89.6 Å². The number of aromatic nitrogens is 2. The summed E-state index contributed by atoms with van der Waals surface area (Å²) >= 11 is 8.57. The monoisotopic (exact) mass is 1660 g/mol. The summed E-state index contributed by atoms with van der Waals surface area (Å²) in [4.78, 5) is 228. The predicted octanol–water partition coefficient (Wildman–Crippen LogP) is -2.10. The van der Waals surface area contributed by atoms with E-state index in [9.17, 15) is 97.1 Å². The maximum absolute atomic E-state index is 14.4. The number of rotatable bonds is 50. The van der Waals surface area contributed by atoms with Crippen molar-refractivity contribution in [3.05, 3.63) is 54.1 Å². The lowest BCUT2D eigenvalue weighted by molar-refractivity contribution is -0.145. The molecule has 0 saturated carbocycles. The number of thiol groups is 2. The number of aliphatic hydroxyl groups is 2. The third kappa shape index (κ3) is 34.9. The fraction of sp³-hybridized carbons (Fsp3) is 0.671. The first-order valence-electron chi connectivity index (χ1n) is 38.9. The Balaban J connectivity index is 1.74. The normalized spacial score (nSPS) is 16.7. The number of amides is 14. The largest absolute Gasteiger partial charge is 0.481 e. The highest BCUT2D eigenvalue weighted by Crippen LogP contribution is 2.22. The second kappa shape index (κ2) is 49.4. The Bertz CT molecular complexity index is 3590. The standard InChI is InChI=1S/C76H123N17O20S2/c1-37(2)23-48(86-74(110)61(44(14)95)92-69(105)52(27-41(9)10)82-63(99)47(77)30-46-32-78-36-79-46)64(100)80-43(13)62(98)81-53(31-60(96)97)68(104)84-49(24-38(3)4)65(101)83-51(26-40(7)8)67(103)90-58(35-115)72(108)91-57(34-114)71(107)85-50(25-39(5)6)66(102)89-56(33-94)70(106)87-54(28-42(11)12)75(111)93-22-18-21-59(93)73(109)88-55(76(112)113)29-45-19-16-15-17-20-45/h15-17,19-20,32,36-44,47-59,61,94-95,114-115H,18,21-31,33-35,77H2,1-14H3,(H,78,79)(H,80,100)(H,81,98)(H,82,99)(H,83,101)(H,84,104)(H,85,107)(H,86,110)(H,87,106)(H,88,109)(H,89,102)(H,90,103)(H,91,108)(H,92,105)(H,96,97)(H,112,113)/t43-,44+,47-,48-,49-,50-,51-,52-,53-,54-,55-,56-,57-,58-,59-,61-/m0/s1. The molecule has 0 unspecified atom stereocenters. The number of benzene rings is 1. The minimum Gasteiger partial charge on any atom is -0.481 e. The van der Waals surface area contributed by atoms with Crippen LogP contribution in [0.1, 0.15) is 166 Å². The van der Waals surface area contributed by atoms with Gasteiger partial charge in [-0.05, 0) is 106 Å². The summed E-state index contributed by atoms with van der Waals surface area (Å²) in [5.41, 5.74) is 7.34. The Kier molecular flexibility index (Phi) is 42.9. The second-order valence-corrected chi connectivity index (χ2v) is 32.4. The third-order valence-corrected chi connectivity index (χ3v) is 19.1. The SMILES string of the molecule is CC(C)C[C@H](NC(=O)[C@H](CC(=O)O)NC(=O)[C@H](C)NC(=O)[C@H](CC(C)C)NC(=O)[C@@H](NC(=O)[C@H](CC(C)C)NC(=O)[C@@H](N)Cc1cnc[nH]1)[C@@H](C)O)C(=O)N[C@@H](CC(C)C)C(=O)N[C@@H](CS)C(=O)N[C@@H](CS)C(=O)N[C@@H](CC(C)C)C(=O)N[C@@H](CO)C(=O)N[C@@H](CC(C)C)C(=O)N1CCC[C@H]1C(=O)N[C@@H](Cc1ccccc1)C(=O)O. The third-order valence-electron chi connectivity index (χ3n) is 18.4. The van der Waals surface area contributed by atoms with Crippen molar-refractivity contribution in [2.24, 2.45) is 41.2 Å². The zero-order valence-corrected chi connectivity index (χ0v) is 69.8. The molecule has 1 fully saturated rings. The molecule has 2 heterocycles. The molecule has 0 aliphatic carbocycles. The van der Waals surface area contributed by atoms with E-state index in [0.717, 1.165) is 0 Å². The van der Waals surface area contributed by atoms with E-state index in [2.05, 4.69) is 104 Å². The van der Waals surface area contributed by atoms with Gasteiger partial charge in [-0.3, -0.25) is 71.9 Å². The molecule has 644 valence electrons. The first-order chi connectivity index (χ1) is 53.9. The van der Waals surface area contributed by atoms with Crippen molar-refractivity contribution in [2.75, 3.05) is 24.7 Å². The van der Waals surface area contributed by atoms with Crippen LogP contribution in [0.4, 0.5) is 0 Å². The van der Waals surface area contributed by atoms with Gasteiger partial charge in [0, 0.05) is 42.8 Å². The summed E-state index contributed by atoms with van der Waals surface area (Å²) in [7, 11) is 0. The molecule has 1 aromatic carbocycles. The number of H-pyrrole nitrogens is 1. The topological polar surface area (TPSA) is 568 Å². The van der Waals surface area contributed by atoms with Crippen LogP contribution in [0.5, 0.6) is 0 Å². The molecule has 14 amide bonds. The number of nitrogens with zero attached hydrogens (tertiary/aromatic N) is 2.